The molecule has 0 saturated carbocycles. The molecule has 1 aromatic rings. The molecule has 0 aromatic heterocycles. The molecule has 0 spiro atoms. The SMILES string of the molecule is CCNCC(C)COc1cc(Br)cc([N+](=O)[O-])c1. The molecule has 0 radical (unpaired) electrons. The molecule has 5 nitrogen and oxygen atoms in total. The number of ether oxygens (including phenoxy) is 1. The summed E-state index contributed by atoms with van der Waals surface area (Å²) in [5, 5.41) is 13.9. The van der Waals surface area contributed by atoms with Crippen molar-refractivity contribution in [2.45, 2.75) is 13.8 Å². The van der Waals surface area contributed by atoms with E-state index in [4.69, 9.17) is 4.74 Å². The Bertz CT molecular complexity index is 412. The van der Waals surface area contributed by atoms with Crippen LogP contribution in [-0.2, 0) is 0 Å². The molecule has 1 aromatic carbocycles. The van der Waals surface area contributed by atoms with Crippen molar-refractivity contribution in [1.29, 1.82) is 0 Å². The lowest BCUT2D eigenvalue weighted by atomic mass is 10.2. The van der Waals surface area contributed by atoms with Crippen molar-refractivity contribution in [3.05, 3.63) is 32.8 Å². The molecule has 0 aliphatic rings. The van der Waals surface area contributed by atoms with Gasteiger partial charge in [-0.3, -0.25) is 10.1 Å². The number of nitro groups is 1. The standard InChI is InChI=1S/C12H17BrN2O3/c1-3-14-7-9(2)8-18-12-5-10(13)4-11(6-12)15(16)17/h4-6,9,14H,3,7-8H2,1-2H3. The summed E-state index contributed by atoms with van der Waals surface area (Å²) in [6.07, 6.45) is 0. The second kappa shape index (κ2) is 7.33. The highest BCUT2D eigenvalue weighted by atomic mass is 79.9. The molecule has 18 heavy (non-hydrogen) atoms. The maximum atomic E-state index is 10.7. The molecule has 1 unspecified atom stereocenters. The van der Waals surface area contributed by atoms with Gasteiger partial charge in [-0.2, -0.15) is 0 Å². The van der Waals surface area contributed by atoms with Crippen LogP contribution in [0.1, 0.15) is 13.8 Å². The van der Waals surface area contributed by atoms with Crippen molar-refractivity contribution in [3.63, 3.8) is 0 Å². The molecule has 0 heterocycles. The molecule has 1 N–H and O–H groups in total. The molecular formula is C12H17BrN2O3. The van der Waals surface area contributed by atoms with Crippen LogP contribution in [-0.4, -0.2) is 24.6 Å². The molecule has 1 atom stereocenters. The Morgan fingerprint density at radius 3 is 2.83 bits per heavy atom. The number of hydrogen-bond donors (Lipinski definition) is 1. The van der Waals surface area contributed by atoms with Crippen molar-refractivity contribution < 1.29 is 9.66 Å². The van der Waals surface area contributed by atoms with Crippen LogP contribution in [0.2, 0.25) is 0 Å². The quantitative estimate of drug-likeness (QED) is 0.620. The van der Waals surface area contributed by atoms with Gasteiger partial charge < -0.3 is 10.1 Å². The smallest absolute Gasteiger partial charge is 0.274 e. The van der Waals surface area contributed by atoms with E-state index >= 15 is 0 Å². The summed E-state index contributed by atoms with van der Waals surface area (Å²) in [4.78, 5) is 10.3. The molecule has 0 saturated heterocycles. The average molecular weight is 317 g/mol. The molecule has 0 amide bonds. The van der Waals surface area contributed by atoms with E-state index in [-0.39, 0.29) is 5.69 Å². The Kier molecular flexibility index (Phi) is 6.07. The average Bonchev–Trinajstić information content (AvgIpc) is 2.33. The van der Waals surface area contributed by atoms with Gasteiger partial charge in [-0.15, -0.1) is 0 Å². The van der Waals surface area contributed by atoms with Gasteiger partial charge in [-0.05, 0) is 12.6 Å². The van der Waals surface area contributed by atoms with Crippen molar-refractivity contribution >= 4 is 21.6 Å². The van der Waals surface area contributed by atoms with Crippen LogP contribution in [0.25, 0.3) is 0 Å². The highest BCUT2D eigenvalue weighted by molar-refractivity contribution is 9.10. The van der Waals surface area contributed by atoms with E-state index in [0.717, 1.165) is 13.1 Å². The van der Waals surface area contributed by atoms with Crippen LogP contribution in [0.4, 0.5) is 5.69 Å². The Balaban J connectivity index is 2.59. The van der Waals surface area contributed by atoms with Crippen molar-refractivity contribution in [2.75, 3.05) is 19.7 Å². The van der Waals surface area contributed by atoms with Gasteiger partial charge in [0.1, 0.15) is 5.75 Å². The van der Waals surface area contributed by atoms with Crippen LogP contribution in [0.15, 0.2) is 22.7 Å². The first-order valence-electron chi connectivity index (χ1n) is 5.81. The third-order valence-corrected chi connectivity index (χ3v) is 2.80. The molecule has 6 heteroatoms. The minimum absolute atomic E-state index is 0.0266. The monoisotopic (exact) mass is 316 g/mol. The fourth-order valence-corrected chi connectivity index (χ4v) is 1.88. The maximum absolute atomic E-state index is 10.7. The van der Waals surface area contributed by atoms with E-state index in [1.54, 1.807) is 6.07 Å². The third-order valence-electron chi connectivity index (χ3n) is 2.34. The molecule has 0 aliphatic heterocycles. The summed E-state index contributed by atoms with van der Waals surface area (Å²) in [5.41, 5.74) is 0.0266. The Hall–Kier alpha value is -1.14. The second-order valence-corrected chi connectivity index (χ2v) is 5.04. The first kappa shape index (κ1) is 14.9. The number of benzene rings is 1. The zero-order chi connectivity index (χ0) is 13.5. The second-order valence-electron chi connectivity index (χ2n) is 4.13. The molecule has 0 fully saturated rings. The maximum Gasteiger partial charge on any atom is 0.274 e. The van der Waals surface area contributed by atoms with E-state index in [0.29, 0.717) is 22.7 Å². The highest BCUT2D eigenvalue weighted by Crippen LogP contribution is 2.26. The fourth-order valence-electron chi connectivity index (χ4n) is 1.42. The van der Waals surface area contributed by atoms with Gasteiger partial charge >= 0.3 is 0 Å². The summed E-state index contributed by atoms with van der Waals surface area (Å²) in [6, 6.07) is 4.62. The van der Waals surface area contributed by atoms with E-state index in [1.807, 2.05) is 6.92 Å². The predicted octanol–water partition coefficient (Wildman–Crippen LogP) is 2.98. The number of nitrogens with one attached hydrogen (secondary N) is 1. The number of hydrogen-bond acceptors (Lipinski definition) is 4. The van der Waals surface area contributed by atoms with Crippen molar-refractivity contribution in [3.8, 4) is 5.75 Å². The van der Waals surface area contributed by atoms with Crippen LogP contribution < -0.4 is 10.1 Å². The molecule has 1 rings (SSSR count). The first-order chi connectivity index (χ1) is 8.52. The zero-order valence-electron chi connectivity index (χ0n) is 10.5. The topological polar surface area (TPSA) is 64.4 Å². The number of non-ortho nitro benzene ring substituents is 1. The summed E-state index contributed by atoms with van der Waals surface area (Å²) in [6.45, 7) is 6.43. The normalized spacial score (nSPS) is 12.2. The fraction of sp³-hybridized carbons (Fsp3) is 0.500. The lowest BCUT2D eigenvalue weighted by Gasteiger charge is -2.13. The highest BCUT2D eigenvalue weighted by Gasteiger charge is 2.10. The number of nitro benzene ring substituents is 1. The van der Waals surface area contributed by atoms with Gasteiger partial charge in [-0.25, -0.2) is 0 Å². The van der Waals surface area contributed by atoms with Gasteiger partial charge in [0.2, 0.25) is 0 Å². The van der Waals surface area contributed by atoms with Crippen LogP contribution in [0.3, 0.4) is 0 Å². The van der Waals surface area contributed by atoms with Crippen molar-refractivity contribution in [1.82, 2.24) is 5.32 Å². The van der Waals surface area contributed by atoms with E-state index in [2.05, 4.69) is 28.2 Å². The van der Waals surface area contributed by atoms with E-state index in [1.165, 1.54) is 12.1 Å². The third kappa shape index (κ3) is 5.01. The van der Waals surface area contributed by atoms with Gasteiger partial charge in [0, 0.05) is 23.0 Å². The summed E-state index contributed by atoms with van der Waals surface area (Å²) >= 11 is 3.23. The minimum Gasteiger partial charge on any atom is -0.493 e. The summed E-state index contributed by atoms with van der Waals surface area (Å²) in [5.74, 6) is 0.863. The Labute approximate surface area is 115 Å². The Morgan fingerprint density at radius 1 is 1.50 bits per heavy atom. The van der Waals surface area contributed by atoms with E-state index < -0.39 is 4.92 Å². The number of nitrogens with zero attached hydrogens (tertiary/aromatic N) is 1. The number of rotatable bonds is 7. The summed E-state index contributed by atoms with van der Waals surface area (Å²) in [7, 11) is 0. The zero-order valence-corrected chi connectivity index (χ0v) is 12.1. The van der Waals surface area contributed by atoms with Crippen LogP contribution >= 0.6 is 15.9 Å². The van der Waals surface area contributed by atoms with Gasteiger partial charge in [-0.1, -0.05) is 29.8 Å². The first-order valence-corrected chi connectivity index (χ1v) is 6.60. The van der Waals surface area contributed by atoms with Crippen LogP contribution in [0, 0.1) is 16.0 Å². The minimum atomic E-state index is -0.431. The summed E-state index contributed by atoms with van der Waals surface area (Å²) < 4.78 is 6.21. The Morgan fingerprint density at radius 2 is 2.22 bits per heavy atom. The van der Waals surface area contributed by atoms with Gasteiger partial charge in [0.15, 0.2) is 0 Å². The lowest BCUT2D eigenvalue weighted by molar-refractivity contribution is -0.385. The predicted molar refractivity (Wildman–Crippen MR) is 74.0 cm³/mol. The molecule has 100 valence electrons. The molecular weight excluding hydrogens is 300 g/mol. The lowest BCUT2D eigenvalue weighted by Crippen LogP contribution is -2.24. The van der Waals surface area contributed by atoms with Crippen molar-refractivity contribution in [2.24, 2.45) is 5.92 Å². The molecule has 0 bridgehead atoms. The largest absolute Gasteiger partial charge is 0.493 e. The van der Waals surface area contributed by atoms with Gasteiger partial charge in [0.25, 0.3) is 5.69 Å². The van der Waals surface area contributed by atoms with Gasteiger partial charge in [0.05, 0.1) is 17.6 Å². The van der Waals surface area contributed by atoms with Crippen LogP contribution in [0.5, 0.6) is 5.75 Å². The molecule has 0 aliphatic carbocycles. The number of halogens is 1. The van der Waals surface area contributed by atoms with E-state index in [9.17, 15) is 10.1 Å².